The molecule has 0 radical (unpaired) electrons. The summed E-state index contributed by atoms with van der Waals surface area (Å²) in [5, 5.41) is 6.09. The number of nitrogens with zero attached hydrogens (tertiary/aromatic N) is 2. The van der Waals surface area contributed by atoms with Crippen LogP contribution in [0.2, 0.25) is 0 Å². The number of anilines is 2. The molecular weight excluding hydrogens is 444 g/mol. The van der Waals surface area contributed by atoms with Crippen molar-refractivity contribution in [3.8, 4) is 5.75 Å². The Morgan fingerprint density at radius 2 is 1.59 bits per heavy atom. The molecule has 6 nitrogen and oxygen atoms in total. The van der Waals surface area contributed by atoms with Gasteiger partial charge in [0.2, 0.25) is 0 Å². The molecule has 1 fully saturated rings. The van der Waals surface area contributed by atoms with Crippen LogP contribution in [0.1, 0.15) is 22.8 Å². The number of thiocarbonyl (C=S) groups is 1. The van der Waals surface area contributed by atoms with Crippen molar-refractivity contribution >= 4 is 34.6 Å². The number of ether oxygens (including phenoxy) is 1. The van der Waals surface area contributed by atoms with Gasteiger partial charge in [0.15, 0.2) is 5.11 Å². The van der Waals surface area contributed by atoms with E-state index in [1.807, 2.05) is 42.5 Å². The maximum absolute atomic E-state index is 12.6. The van der Waals surface area contributed by atoms with Crippen LogP contribution in [0.4, 0.5) is 11.4 Å². The quantitative estimate of drug-likeness (QED) is 0.491. The Labute approximate surface area is 206 Å². The van der Waals surface area contributed by atoms with E-state index in [2.05, 4.69) is 39.5 Å². The number of nitrogens with one attached hydrogen (secondary N) is 2. The number of likely N-dealkylation sites (N-methyl/N-ethyl adjacent to an activating group) is 1. The van der Waals surface area contributed by atoms with Crippen molar-refractivity contribution in [1.82, 2.24) is 10.2 Å². The molecule has 1 amide bonds. The number of carbonyl (C=O) groups is 1. The Hall–Kier alpha value is -3.42. The molecule has 0 unspecified atom stereocenters. The molecule has 3 aromatic carbocycles. The average Bonchev–Trinajstić information content (AvgIpc) is 2.89. The van der Waals surface area contributed by atoms with E-state index in [0.717, 1.165) is 44.0 Å². The highest BCUT2D eigenvalue weighted by molar-refractivity contribution is 7.80. The summed E-state index contributed by atoms with van der Waals surface area (Å²) in [6.45, 7) is 8.03. The summed E-state index contributed by atoms with van der Waals surface area (Å²) in [6.07, 6.45) is 0. The van der Waals surface area contributed by atoms with Crippen molar-refractivity contribution in [2.24, 2.45) is 0 Å². The molecule has 3 aromatic rings. The van der Waals surface area contributed by atoms with Gasteiger partial charge in [0.25, 0.3) is 5.91 Å². The van der Waals surface area contributed by atoms with Gasteiger partial charge in [0.1, 0.15) is 12.4 Å². The maximum Gasteiger partial charge on any atom is 0.257 e. The van der Waals surface area contributed by atoms with Gasteiger partial charge in [-0.3, -0.25) is 10.1 Å². The van der Waals surface area contributed by atoms with Gasteiger partial charge in [-0.05, 0) is 72.9 Å². The van der Waals surface area contributed by atoms with Crippen LogP contribution in [0.5, 0.6) is 5.75 Å². The molecule has 0 bridgehead atoms. The highest BCUT2D eigenvalue weighted by Gasteiger charge is 2.16. The van der Waals surface area contributed by atoms with Crippen molar-refractivity contribution in [3.05, 3.63) is 90.0 Å². The molecular formula is C27H30N4O2S. The largest absolute Gasteiger partial charge is 0.489 e. The Morgan fingerprint density at radius 1 is 0.912 bits per heavy atom. The molecule has 0 aliphatic carbocycles. The number of hydrogen-bond acceptors (Lipinski definition) is 5. The van der Waals surface area contributed by atoms with Crippen molar-refractivity contribution in [1.29, 1.82) is 0 Å². The SMILES string of the molecule is CCN1CCN(c2ccc(NC(=S)NC(=O)c3ccc(OCc4ccccc4)cc3)cc2)CC1. The van der Waals surface area contributed by atoms with E-state index in [9.17, 15) is 4.79 Å². The molecule has 7 heteroatoms. The zero-order valence-corrected chi connectivity index (χ0v) is 20.2. The first kappa shape index (κ1) is 23.7. The Morgan fingerprint density at radius 3 is 2.24 bits per heavy atom. The van der Waals surface area contributed by atoms with E-state index in [1.54, 1.807) is 24.3 Å². The predicted molar refractivity (Wildman–Crippen MR) is 142 cm³/mol. The zero-order chi connectivity index (χ0) is 23.8. The van der Waals surface area contributed by atoms with E-state index in [-0.39, 0.29) is 11.0 Å². The van der Waals surface area contributed by atoms with Crippen LogP contribution in [0.15, 0.2) is 78.9 Å². The minimum absolute atomic E-state index is 0.263. The third-order valence-corrected chi connectivity index (χ3v) is 6.11. The van der Waals surface area contributed by atoms with E-state index in [0.29, 0.717) is 17.9 Å². The normalized spacial score (nSPS) is 13.9. The topological polar surface area (TPSA) is 56.8 Å². The van der Waals surface area contributed by atoms with Crippen LogP contribution in [0.3, 0.4) is 0 Å². The van der Waals surface area contributed by atoms with Gasteiger partial charge in [-0.25, -0.2) is 0 Å². The summed E-state index contributed by atoms with van der Waals surface area (Å²) in [4.78, 5) is 17.4. The third kappa shape index (κ3) is 6.56. The van der Waals surface area contributed by atoms with Crippen LogP contribution in [0, 0.1) is 0 Å². The molecule has 0 spiro atoms. The molecule has 1 aliphatic heterocycles. The van der Waals surface area contributed by atoms with Gasteiger partial charge in [-0.15, -0.1) is 0 Å². The number of hydrogen-bond donors (Lipinski definition) is 2. The highest BCUT2D eigenvalue weighted by Crippen LogP contribution is 2.20. The van der Waals surface area contributed by atoms with E-state index < -0.39 is 0 Å². The van der Waals surface area contributed by atoms with Crippen molar-refractivity contribution in [3.63, 3.8) is 0 Å². The Balaban J connectivity index is 1.24. The van der Waals surface area contributed by atoms with Crippen LogP contribution >= 0.6 is 12.2 Å². The number of benzene rings is 3. The van der Waals surface area contributed by atoms with Gasteiger partial charge >= 0.3 is 0 Å². The molecule has 2 N–H and O–H groups in total. The van der Waals surface area contributed by atoms with Gasteiger partial charge in [0.05, 0.1) is 0 Å². The summed E-state index contributed by atoms with van der Waals surface area (Å²) in [5.74, 6) is 0.440. The van der Waals surface area contributed by atoms with Crippen LogP contribution in [-0.2, 0) is 6.61 Å². The fourth-order valence-electron chi connectivity index (χ4n) is 3.86. The monoisotopic (exact) mass is 474 g/mol. The maximum atomic E-state index is 12.6. The number of amides is 1. The first-order chi connectivity index (χ1) is 16.6. The lowest BCUT2D eigenvalue weighted by atomic mass is 10.2. The lowest BCUT2D eigenvalue weighted by molar-refractivity contribution is 0.0977. The van der Waals surface area contributed by atoms with Gasteiger partial charge < -0.3 is 19.9 Å². The second-order valence-corrected chi connectivity index (χ2v) is 8.58. The third-order valence-electron chi connectivity index (χ3n) is 5.90. The second kappa shape index (κ2) is 11.6. The van der Waals surface area contributed by atoms with E-state index in [4.69, 9.17) is 17.0 Å². The van der Waals surface area contributed by atoms with Crippen LogP contribution in [-0.4, -0.2) is 48.6 Å². The second-order valence-electron chi connectivity index (χ2n) is 8.18. The standard InChI is InChI=1S/C27H30N4O2S/c1-2-30-16-18-31(19-17-30)24-12-10-23(11-13-24)28-27(34)29-26(32)22-8-14-25(15-9-22)33-20-21-6-4-3-5-7-21/h3-15H,2,16-20H2,1H3,(H2,28,29,32,34). The van der Waals surface area contributed by atoms with E-state index >= 15 is 0 Å². The first-order valence-electron chi connectivity index (χ1n) is 11.6. The summed E-state index contributed by atoms with van der Waals surface area (Å²) >= 11 is 5.33. The van der Waals surface area contributed by atoms with Gasteiger partial charge in [-0.1, -0.05) is 37.3 Å². The van der Waals surface area contributed by atoms with Crippen molar-refractivity contribution in [2.45, 2.75) is 13.5 Å². The predicted octanol–water partition coefficient (Wildman–Crippen LogP) is 4.53. The summed E-state index contributed by atoms with van der Waals surface area (Å²) in [6, 6.07) is 25.1. The van der Waals surface area contributed by atoms with Crippen LogP contribution in [0.25, 0.3) is 0 Å². The lowest BCUT2D eigenvalue weighted by Gasteiger charge is -2.35. The molecule has 1 saturated heterocycles. The zero-order valence-electron chi connectivity index (χ0n) is 19.4. The Bertz CT molecular complexity index is 1080. The fourth-order valence-corrected chi connectivity index (χ4v) is 4.07. The lowest BCUT2D eigenvalue weighted by Crippen LogP contribution is -2.46. The highest BCUT2D eigenvalue weighted by atomic mass is 32.1. The Kier molecular flexibility index (Phi) is 8.12. The van der Waals surface area contributed by atoms with Crippen molar-refractivity contribution in [2.75, 3.05) is 42.9 Å². The first-order valence-corrected chi connectivity index (χ1v) is 12.0. The summed E-state index contributed by atoms with van der Waals surface area (Å²) in [7, 11) is 0. The van der Waals surface area contributed by atoms with E-state index in [1.165, 1.54) is 5.69 Å². The smallest absolute Gasteiger partial charge is 0.257 e. The molecule has 4 rings (SSSR count). The molecule has 0 aromatic heterocycles. The minimum atomic E-state index is -0.266. The van der Waals surface area contributed by atoms with Crippen LogP contribution < -0.4 is 20.3 Å². The summed E-state index contributed by atoms with van der Waals surface area (Å²) < 4.78 is 5.78. The fraction of sp³-hybridized carbons (Fsp3) is 0.259. The summed E-state index contributed by atoms with van der Waals surface area (Å²) in [5.41, 5.74) is 3.64. The number of rotatable bonds is 7. The molecule has 176 valence electrons. The average molecular weight is 475 g/mol. The van der Waals surface area contributed by atoms with Crippen molar-refractivity contribution < 1.29 is 9.53 Å². The van der Waals surface area contributed by atoms with Gasteiger partial charge in [-0.2, -0.15) is 0 Å². The number of piperazine rings is 1. The number of carbonyl (C=O) groups excluding carboxylic acids is 1. The molecule has 0 saturated carbocycles. The minimum Gasteiger partial charge on any atom is -0.489 e. The molecule has 1 aliphatic rings. The molecule has 1 heterocycles. The van der Waals surface area contributed by atoms with Gasteiger partial charge in [0, 0.05) is 43.1 Å². The molecule has 34 heavy (non-hydrogen) atoms. The molecule has 0 atom stereocenters.